The van der Waals surface area contributed by atoms with Crippen LogP contribution in [0.5, 0.6) is 0 Å². The van der Waals surface area contributed by atoms with E-state index in [9.17, 15) is 4.79 Å². The number of carbonyl (C=O) groups is 1. The highest BCUT2D eigenvalue weighted by Gasteiger charge is 2.13. The van der Waals surface area contributed by atoms with Crippen molar-refractivity contribution in [2.45, 2.75) is 13.3 Å². The Morgan fingerprint density at radius 3 is 3.00 bits per heavy atom. The molecule has 2 aromatic rings. The average Bonchev–Trinajstić information content (AvgIpc) is 2.70. The number of fused-ring (bicyclic) bond motifs is 1. The van der Waals surface area contributed by atoms with Crippen molar-refractivity contribution in [3.05, 3.63) is 29.7 Å². The van der Waals surface area contributed by atoms with E-state index < -0.39 is 5.97 Å². The van der Waals surface area contributed by atoms with Crippen molar-refractivity contribution in [3.8, 4) is 0 Å². The van der Waals surface area contributed by atoms with Gasteiger partial charge in [-0.15, -0.1) is 10.2 Å². The van der Waals surface area contributed by atoms with E-state index in [1.165, 1.54) is 7.11 Å². The second-order valence-electron chi connectivity index (χ2n) is 3.08. The van der Waals surface area contributed by atoms with Gasteiger partial charge in [0.25, 0.3) is 0 Å². The van der Waals surface area contributed by atoms with E-state index in [-0.39, 0.29) is 0 Å². The topological polar surface area (TPSA) is 56.5 Å². The lowest BCUT2D eigenvalue weighted by Gasteiger charge is -2.01. The Balaban J connectivity index is 2.67. The van der Waals surface area contributed by atoms with E-state index in [0.717, 1.165) is 12.2 Å². The van der Waals surface area contributed by atoms with Gasteiger partial charge in [-0.3, -0.25) is 4.40 Å². The monoisotopic (exact) mass is 205 g/mol. The predicted octanol–water partition coefficient (Wildman–Crippen LogP) is 1.08. The SMILES string of the molecule is CCc1nnc2c(C(=O)OC)cccn12. The summed E-state index contributed by atoms with van der Waals surface area (Å²) in [6.45, 7) is 1.99. The van der Waals surface area contributed by atoms with Gasteiger partial charge in [-0.1, -0.05) is 6.92 Å². The molecule has 0 aliphatic heterocycles. The lowest BCUT2D eigenvalue weighted by atomic mass is 10.2. The smallest absolute Gasteiger partial charge is 0.341 e. The maximum absolute atomic E-state index is 11.4. The Hall–Kier alpha value is -1.91. The molecule has 0 radical (unpaired) electrons. The molecule has 5 nitrogen and oxygen atoms in total. The molecule has 0 spiro atoms. The number of esters is 1. The van der Waals surface area contributed by atoms with Crippen LogP contribution in [0.4, 0.5) is 0 Å². The van der Waals surface area contributed by atoms with Crippen LogP contribution in [0.25, 0.3) is 5.65 Å². The first-order valence-electron chi connectivity index (χ1n) is 4.69. The fraction of sp³-hybridized carbons (Fsp3) is 0.300. The molecule has 2 aromatic heterocycles. The second kappa shape index (κ2) is 3.68. The van der Waals surface area contributed by atoms with Crippen molar-refractivity contribution >= 4 is 11.6 Å². The third kappa shape index (κ3) is 1.45. The summed E-state index contributed by atoms with van der Waals surface area (Å²) in [7, 11) is 1.35. The summed E-state index contributed by atoms with van der Waals surface area (Å²) in [4.78, 5) is 11.4. The minimum Gasteiger partial charge on any atom is -0.465 e. The number of hydrogen-bond acceptors (Lipinski definition) is 4. The number of methoxy groups -OCH3 is 1. The van der Waals surface area contributed by atoms with Gasteiger partial charge in [0.05, 0.1) is 7.11 Å². The molecular formula is C10H11N3O2. The summed E-state index contributed by atoms with van der Waals surface area (Å²) in [5, 5.41) is 7.97. The van der Waals surface area contributed by atoms with Crippen LogP contribution in [-0.2, 0) is 11.2 Å². The third-order valence-corrected chi connectivity index (χ3v) is 2.23. The Morgan fingerprint density at radius 2 is 2.33 bits per heavy atom. The molecule has 2 heterocycles. The highest BCUT2D eigenvalue weighted by Crippen LogP contribution is 2.11. The fourth-order valence-corrected chi connectivity index (χ4v) is 1.47. The number of pyridine rings is 1. The number of nitrogens with zero attached hydrogens (tertiary/aromatic N) is 3. The summed E-state index contributed by atoms with van der Waals surface area (Å²) >= 11 is 0. The molecule has 0 N–H and O–H groups in total. The largest absolute Gasteiger partial charge is 0.465 e. The van der Waals surface area contributed by atoms with E-state index in [4.69, 9.17) is 0 Å². The number of aryl methyl sites for hydroxylation is 1. The first-order chi connectivity index (χ1) is 7.27. The zero-order chi connectivity index (χ0) is 10.8. The van der Waals surface area contributed by atoms with Crippen LogP contribution in [0.1, 0.15) is 23.1 Å². The van der Waals surface area contributed by atoms with E-state index in [1.54, 1.807) is 16.5 Å². The van der Waals surface area contributed by atoms with Gasteiger partial charge in [0.1, 0.15) is 11.4 Å². The molecule has 0 aromatic carbocycles. The first kappa shape index (κ1) is 9.64. The number of carbonyl (C=O) groups excluding carboxylic acids is 1. The lowest BCUT2D eigenvalue weighted by molar-refractivity contribution is 0.0602. The summed E-state index contributed by atoms with van der Waals surface area (Å²) in [5.74, 6) is 0.436. The molecule has 0 saturated carbocycles. The number of rotatable bonds is 2. The van der Waals surface area contributed by atoms with Crippen LogP contribution in [0.2, 0.25) is 0 Å². The molecule has 0 aliphatic rings. The van der Waals surface area contributed by atoms with Crippen LogP contribution in [-0.4, -0.2) is 27.7 Å². The Morgan fingerprint density at radius 1 is 1.53 bits per heavy atom. The van der Waals surface area contributed by atoms with Crippen molar-refractivity contribution in [1.82, 2.24) is 14.6 Å². The van der Waals surface area contributed by atoms with Gasteiger partial charge in [-0.25, -0.2) is 4.79 Å². The van der Waals surface area contributed by atoms with Crippen molar-refractivity contribution in [3.63, 3.8) is 0 Å². The maximum Gasteiger partial charge on any atom is 0.341 e. The third-order valence-electron chi connectivity index (χ3n) is 2.23. The van der Waals surface area contributed by atoms with E-state index in [0.29, 0.717) is 11.2 Å². The minimum atomic E-state index is -0.393. The number of aromatic nitrogens is 3. The molecule has 0 saturated heterocycles. The van der Waals surface area contributed by atoms with Crippen LogP contribution >= 0.6 is 0 Å². The first-order valence-corrected chi connectivity index (χ1v) is 4.69. The predicted molar refractivity (Wildman–Crippen MR) is 53.7 cm³/mol. The number of ether oxygens (including phenoxy) is 1. The Bertz CT molecular complexity index is 504. The number of hydrogen-bond donors (Lipinski definition) is 0. The molecule has 0 amide bonds. The van der Waals surface area contributed by atoms with Gasteiger partial charge in [-0.05, 0) is 12.1 Å². The minimum absolute atomic E-state index is 0.393. The molecule has 0 fully saturated rings. The van der Waals surface area contributed by atoms with Gasteiger partial charge in [0, 0.05) is 12.6 Å². The fourth-order valence-electron chi connectivity index (χ4n) is 1.47. The second-order valence-corrected chi connectivity index (χ2v) is 3.08. The summed E-state index contributed by atoms with van der Waals surface area (Å²) < 4.78 is 6.47. The van der Waals surface area contributed by atoms with Gasteiger partial charge < -0.3 is 4.74 Å². The molecule has 0 bridgehead atoms. The Kier molecular flexibility index (Phi) is 2.37. The van der Waals surface area contributed by atoms with Crippen LogP contribution in [0.15, 0.2) is 18.3 Å². The molecule has 0 atom stereocenters. The van der Waals surface area contributed by atoms with Crippen molar-refractivity contribution in [1.29, 1.82) is 0 Å². The highest BCUT2D eigenvalue weighted by atomic mass is 16.5. The standard InChI is InChI=1S/C10H11N3O2/c1-3-8-11-12-9-7(10(14)15-2)5-4-6-13(8)9/h4-6H,3H2,1-2H3. The molecule has 0 aliphatic carbocycles. The maximum atomic E-state index is 11.4. The zero-order valence-electron chi connectivity index (χ0n) is 8.60. The highest BCUT2D eigenvalue weighted by molar-refractivity contribution is 5.95. The summed E-state index contributed by atoms with van der Waals surface area (Å²) in [6, 6.07) is 3.46. The quantitative estimate of drug-likeness (QED) is 0.688. The molecular weight excluding hydrogens is 194 g/mol. The summed E-state index contributed by atoms with van der Waals surface area (Å²) in [6.07, 6.45) is 2.60. The van der Waals surface area contributed by atoms with E-state index in [2.05, 4.69) is 14.9 Å². The lowest BCUT2D eigenvalue weighted by Crippen LogP contribution is -2.04. The van der Waals surface area contributed by atoms with Gasteiger partial charge in [0.2, 0.25) is 0 Å². The van der Waals surface area contributed by atoms with Crippen molar-refractivity contribution in [2.75, 3.05) is 7.11 Å². The van der Waals surface area contributed by atoms with E-state index >= 15 is 0 Å². The van der Waals surface area contributed by atoms with E-state index in [1.807, 2.05) is 13.1 Å². The van der Waals surface area contributed by atoms with Gasteiger partial charge in [0.15, 0.2) is 5.65 Å². The molecule has 5 heteroatoms. The average molecular weight is 205 g/mol. The molecule has 0 unspecified atom stereocenters. The summed E-state index contributed by atoms with van der Waals surface area (Å²) in [5.41, 5.74) is 0.980. The van der Waals surface area contributed by atoms with Crippen molar-refractivity contribution < 1.29 is 9.53 Å². The zero-order valence-corrected chi connectivity index (χ0v) is 8.60. The van der Waals surface area contributed by atoms with Crippen LogP contribution in [0.3, 0.4) is 0 Å². The van der Waals surface area contributed by atoms with Gasteiger partial charge in [-0.2, -0.15) is 0 Å². The van der Waals surface area contributed by atoms with Crippen LogP contribution in [0, 0.1) is 0 Å². The molecule has 78 valence electrons. The molecule has 15 heavy (non-hydrogen) atoms. The molecule has 2 rings (SSSR count). The van der Waals surface area contributed by atoms with Crippen LogP contribution < -0.4 is 0 Å². The Labute approximate surface area is 86.7 Å². The van der Waals surface area contributed by atoms with Crippen molar-refractivity contribution in [2.24, 2.45) is 0 Å². The normalized spacial score (nSPS) is 10.5. The van der Waals surface area contributed by atoms with Gasteiger partial charge >= 0.3 is 5.97 Å².